The molecular weight excluding hydrogens is 465 g/mol. The number of benzene rings is 3. The van der Waals surface area contributed by atoms with E-state index in [2.05, 4.69) is 9.82 Å². The largest absolute Gasteiger partial charge is 0.484 e. The molecule has 4 aromatic rings. The zero-order valence-corrected chi connectivity index (χ0v) is 20.7. The Morgan fingerprint density at radius 3 is 2.49 bits per heavy atom. The van der Waals surface area contributed by atoms with Crippen LogP contribution in [0.3, 0.4) is 0 Å². The standard InChI is InChI=1S/C27H30FN3O3S/c1-3-4-8-17-35(32,33)30-20(2)27(21-9-6-5-7-10-21)34-25-15-16-26-22(18-25)19-29-31(26)24-13-11-23(28)12-14-24/h5-7,9-16,18-20,27,30H,3-4,8,17H2,1-2H3/t20-,27-/m0/s1. The molecule has 6 nitrogen and oxygen atoms in total. The molecule has 1 heterocycles. The molecule has 0 radical (unpaired) electrons. The van der Waals surface area contributed by atoms with Crippen molar-refractivity contribution in [3.8, 4) is 11.4 Å². The van der Waals surface area contributed by atoms with Gasteiger partial charge in [0.2, 0.25) is 10.0 Å². The first-order valence-electron chi connectivity index (χ1n) is 11.8. The Kier molecular flexibility index (Phi) is 7.83. The van der Waals surface area contributed by atoms with Crippen molar-refractivity contribution in [1.29, 1.82) is 0 Å². The van der Waals surface area contributed by atoms with E-state index >= 15 is 0 Å². The molecule has 3 aromatic carbocycles. The molecule has 0 saturated heterocycles. The summed E-state index contributed by atoms with van der Waals surface area (Å²) in [7, 11) is -3.43. The second kappa shape index (κ2) is 11.0. The zero-order valence-electron chi connectivity index (χ0n) is 19.9. The van der Waals surface area contributed by atoms with E-state index in [1.54, 1.807) is 23.0 Å². The molecule has 8 heteroatoms. The first-order valence-corrected chi connectivity index (χ1v) is 13.5. The second-order valence-corrected chi connectivity index (χ2v) is 10.5. The minimum atomic E-state index is -3.43. The highest BCUT2D eigenvalue weighted by atomic mass is 32.2. The summed E-state index contributed by atoms with van der Waals surface area (Å²) in [5.41, 5.74) is 2.48. The van der Waals surface area contributed by atoms with Crippen molar-refractivity contribution in [2.45, 2.75) is 45.3 Å². The summed E-state index contributed by atoms with van der Waals surface area (Å²) >= 11 is 0. The van der Waals surface area contributed by atoms with Crippen molar-refractivity contribution < 1.29 is 17.5 Å². The first-order chi connectivity index (χ1) is 16.9. The number of fused-ring (bicyclic) bond motifs is 1. The number of ether oxygens (including phenoxy) is 1. The van der Waals surface area contributed by atoms with Crippen molar-refractivity contribution in [2.24, 2.45) is 0 Å². The SMILES string of the molecule is CCCCCS(=O)(=O)N[C@@H](C)[C@H](Oc1ccc2c(cnn2-c2ccc(F)cc2)c1)c1ccccc1. The van der Waals surface area contributed by atoms with Crippen LogP contribution in [0.5, 0.6) is 5.75 Å². The fraction of sp³-hybridized carbons (Fsp3) is 0.296. The molecule has 0 fully saturated rings. The van der Waals surface area contributed by atoms with E-state index < -0.39 is 22.2 Å². The predicted molar refractivity (Wildman–Crippen MR) is 137 cm³/mol. The van der Waals surface area contributed by atoms with Gasteiger partial charge >= 0.3 is 0 Å². The molecular formula is C27H30FN3O3S. The third kappa shape index (κ3) is 6.26. The lowest BCUT2D eigenvalue weighted by molar-refractivity contribution is 0.173. The summed E-state index contributed by atoms with van der Waals surface area (Å²) in [6, 6.07) is 20.8. The summed E-state index contributed by atoms with van der Waals surface area (Å²) in [4.78, 5) is 0. The van der Waals surface area contributed by atoms with Crippen LogP contribution >= 0.6 is 0 Å². The minimum Gasteiger partial charge on any atom is -0.484 e. The Bertz CT molecular complexity index is 1360. The maximum absolute atomic E-state index is 13.3. The van der Waals surface area contributed by atoms with E-state index in [0.717, 1.165) is 35.0 Å². The number of aromatic nitrogens is 2. The molecule has 0 aliphatic heterocycles. The number of halogens is 1. The molecule has 0 bridgehead atoms. The number of hydrogen-bond donors (Lipinski definition) is 1. The third-order valence-electron chi connectivity index (χ3n) is 5.84. The van der Waals surface area contributed by atoms with E-state index in [0.29, 0.717) is 12.2 Å². The van der Waals surface area contributed by atoms with Crippen LogP contribution in [0.4, 0.5) is 4.39 Å². The molecule has 4 rings (SSSR count). The van der Waals surface area contributed by atoms with Gasteiger partial charge in [-0.05, 0) is 61.4 Å². The molecule has 0 amide bonds. The van der Waals surface area contributed by atoms with E-state index in [9.17, 15) is 12.8 Å². The van der Waals surface area contributed by atoms with Crippen LogP contribution < -0.4 is 9.46 Å². The minimum absolute atomic E-state index is 0.0984. The molecule has 35 heavy (non-hydrogen) atoms. The number of rotatable bonds is 11. The second-order valence-electron chi connectivity index (χ2n) is 8.64. The molecule has 1 aromatic heterocycles. The van der Waals surface area contributed by atoms with E-state index in [1.807, 2.05) is 62.4 Å². The van der Waals surface area contributed by atoms with Crippen LogP contribution in [0.1, 0.15) is 44.8 Å². The van der Waals surface area contributed by atoms with Crippen LogP contribution in [-0.4, -0.2) is 30.0 Å². The van der Waals surface area contributed by atoms with Crippen molar-refractivity contribution >= 4 is 20.9 Å². The number of unbranched alkanes of at least 4 members (excludes halogenated alkanes) is 2. The van der Waals surface area contributed by atoms with Gasteiger partial charge in [0.05, 0.1) is 29.2 Å². The maximum atomic E-state index is 13.3. The Morgan fingerprint density at radius 1 is 1.03 bits per heavy atom. The Hall–Kier alpha value is -3.23. The van der Waals surface area contributed by atoms with Gasteiger partial charge in [-0.3, -0.25) is 0 Å². The molecule has 0 spiro atoms. The highest BCUT2D eigenvalue weighted by molar-refractivity contribution is 7.89. The number of sulfonamides is 1. The molecule has 0 aliphatic carbocycles. The smallest absolute Gasteiger partial charge is 0.211 e. The highest BCUT2D eigenvalue weighted by Gasteiger charge is 2.26. The molecule has 0 unspecified atom stereocenters. The van der Waals surface area contributed by atoms with Gasteiger partial charge in [-0.1, -0.05) is 50.1 Å². The average Bonchev–Trinajstić information content (AvgIpc) is 3.26. The zero-order chi connectivity index (χ0) is 24.8. The molecule has 184 valence electrons. The highest BCUT2D eigenvalue weighted by Crippen LogP contribution is 2.29. The molecule has 0 aliphatic rings. The lowest BCUT2D eigenvalue weighted by Gasteiger charge is -2.26. The third-order valence-corrected chi connectivity index (χ3v) is 7.40. The van der Waals surface area contributed by atoms with Gasteiger partial charge in [0, 0.05) is 5.39 Å². The van der Waals surface area contributed by atoms with Crippen LogP contribution in [0.25, 0.3) is 16.6 Å². The number of nitrogens with zero attached hydrogens (tertiary/aromatic N) is 2. The van der Waals surface area contributed by atoms with E-state index in [4.69, 9.17) is 4.74 Å². The van der Waals surface area contributed by atoms with Crippen molar-refractivity contribution in [3.63, 3.8) is 0 Å². The summed E-state index contributed by atoms with van der Waals surface area (Å²) < 4.78 is 49.5. The summed E-state index contributed by atoms with van der Waals surface area (Å²) in [6.07, 6.45) is 3.66. The average molecular weight is 496 g/mol. The van der Waals surface area contributed by atoms with Crippen LogP contribution in [-0.2, 0) is 10.0 Å². The van der Waals surface area contributed by atoms with Gasteiger partial charge in [-0.15, -0.1) is 0 Å². The van der Waals surface area contributed by atoms with Crippen molar-refractivity contribution in [2.75, 3.05) is 5.75 Å². The molecule has 2 atom stereocenters. The van der Waals surface area contributed by atoms with Crippen molar-refractivity contribution in [1.82, 2.24) is 14.5 Å². The Morgan fingerprint density at radius 2 is 1.77 bits per heavy atom. The van der Waals surface area contributed by atoms with E-state index in [-0.39, 0.29) is 11.6 Å². The van der Waals surface area contributed by atoms with Gasteiger partial charge < -0.3 is 4.74 Å². The summed E-state index contributed by atoms with van der Waals surface area (Å²) in [5.74, 6) is 0.395. The fourth-order valence-electron chi connectivity index (χ4n) is 4.07. The van der Waals surface area contributed by atoms with E-state index in [1.165, 1.54) is 12.1 Å². The van der Waals surface area contributed by atoms with Gasteiger partial charge in [-0.2, -0.15) is 5.10 Å². The van der Waals surface area contributed by atoms with Crippen LogP contribution in [0, 0.1) is 5.82 Å². The topological polar surface area (TPSA) is 73.2 Å². The first kappa shape index (κ1) is 24.9. The van der Waals surface area contributed by atoms with Gasteiger partial charge in [-0.25, -0.2) is 22.2 Å². The lowest BCUT2D eigenvalue weighted by Crippen LogP contribution is -2.40. The quantitative estimate of drug-likeness (QED) is 0.268. The number of nitrogens with one attached hydrogen (secondary N) is 1. The lowest BCUT2D eigenvalue weighted by atomic mass is 10.0. The summed E-state index contributed by atoms with van der Waals surface area (Å²) in [6.45, 7) is 3.86. The predicted octanol–water partition coefficient (Wildman–Crippen LogP) is 5.78. The van der Waals surface area contributed by atoms with Crippen LogP contribution in [0.2, 0.25) is 0 Å². The van der Waals surface area contributed by atoms with Gasteiger partial charge in [0.15, 0.2) is 0 Å². The Labute approximate surface area is 205 Å². The monoisotopic (exact) mass is 495 g/mol. The number of hydrogen-bond acceptors (Lipinski definition) is 4. The molecule has 1 N–H and O–H groups in total. The maximum Gasteiger partial charge on any atom is 0.211 e. The fourth-order valence-corrected chi connectivity index (χ4v) is 5.46. The Balaban J connectivity index is 1.58. The van der Waals surface area contributed by atoms with Crippen molar-refractivity contribution in [3.05, 3.63) is 90.4 Å². The van der Waals surface area contributed by atoms with Gasteiger partial charge in [0.1, 0.15) is 17.7 Å². The van der Waals surface area contributed by atoms with Gasteiger partial charge in [0.25, 0.3) is 0 Å². The molecule has 0 saturated carbocycles. The van der Waals surface area contributed by atoms with Crippen LogP contribution in [0.15, 0.2) is 79.0 Å². The normalized spacial score (nSPS) is 13.6. The summed E-state index contributed by atoms with van der Waals surface area (Å²) in [5, 5.41) is 5.29.